The Labute approximate surface area is 87.6 Å². The highest BCUT2D eigenvalue weighted by atomic mass is 14.6. The van der Waals surface area contributed by atoms with Crippen LogP contribution in [0.15, 0.2) is 24.5 Å². The van der Waals surface area contributed by atoms with Gasteiger partial charge in [-0.3, -0.25) is 4.98 Å². The second kappa shape index (κ2) is 6.58. The summed E-state index contributed by atoms with van der Waals surface area (Å²) in [5.41, 5.74) is 1.38. The fourth-order valence-corrected chi connectivity index (χ4v) is 1.80. The van der Waals surface area contributed by atoms with Gasteiger partial charge in [-0.15, -0.1) is 0 Å². The molecule has 78 valence electrons. The first kappa shape index (κ1) is 11.2. The monoisotopic (exact) mass is 191 g/mol. The molecule has 1 heteroatoms. The molecule has 0 amide bonds. The molecule has 1 unspecified atom stereocenters. The van der Waals surface area contributed by atoms with E-state index in [1.54, 1.807) is 0 Å². The second-order valence-corrected chi connectivity index (χ2v) is 3.98. The van der Waals surface area contributed by atoms with Gasteiger partial charge in [-0.2, -0.15) is 0 Å². The fourth-order valence-electron chi connectivity index (χ4n) is 1.80. The molecule has 0 aromatic carbocycles. The third-order valence-corrected chi connectivity index (χ3v) is 2.79. The van der Waals surface area contributed by atoms with Gasteiger partial charge in [0.15, 0.2) is 0 Å². The number of unbranched alkanes of at least 4 members (excludes halogenated alkanes) is 1. The highest BCUT2D eigenvalue weighted by Gasteiger charge is 2.06. The fraction of sp³-hybridized carbons (Fsp3) is 0.615. The molecule has 0 saturated carbocycles. The van der Waals surface area contributed by atoms with Crippen molar-refractivity contribution < 1.29 is 0 Å². The topological polar surface area (TPSA) is 12.9 Å². The van der Waals surface area contributed by atoms with Crippen LogP contribution in [0, 0.1) is 5.92 Å². The Bertz CT molecular complexity index is 230. The van der Waals surface area contributed by atoms with Crippen LogP contribution < -0.4 is 0 Å². The van der Waals surface area contributed by atoms with E-state index in [2.05, 4.69) is 24.9 Å². The number of nitrogens with zero attached hydrogens (tertiary/aromatic N) is 1. The molecule has 1 aromatic heterocycles. The van der Waals surface area contributed by atoms with Crippen molar-refractivity contribution >= 4 is 0 Å². The Hall–Kier alpha value is -0.850. The second-order valence-electron chi connectivity index (χ2n) is 3.98. The number of hydrogen-bond donors (Lipinski definition) is 0. The molecule has 0 spiro atoms. The molecular formula is C13H21N. The summed E-state index contributed by atoms with van der Waals surface area (Å²) in [6.45, 7) is 4.55. The predicted octanol–water partition coefficient (Wildman–Crippen LogP) is 3.84. The lowest BCUT2D eigenvalue weighted by molar-refractivity contribution is 0.449. The first-order valence-corrected chi connectivity index (χ1v) is 5.75. The first-order chi connectivity index (χ1) is 6.86. The normalized spacial score (nSPS) is 12.7. The van der Waals surface area contributed by atoms with Crippen LogP contribution in [-0.2, 0) is 6.42 Å². The minimum absolute atomic E-state index is 0.846. The minimum Gasteiger partial charge on any atom is -0.264 e. The summed E-state index contributed by atoms with van der Waals surface area (Å²) >= 11 is 0. The Morgan fingerprint density at radius 2 is 2.21 bits per heavy atom. The molecule has 1 rings (SSSR count). The molecule has 0 radical (unpaired) electrons. The average molecular weight is 191 g/mol. The van der Waals surface area contributed by atoms with Gasteiger partial charge in [0, 0.05) is 12.4 Å². The van der Waals surface area contributed by atoms with Crippen LogP contribution in [0.3, 0.4) is 0 Å². The van der Waals surface area contributed by atoms with E-state index in [1.165, 1.54) is 37.7 Å². The zero-order valence-corrected chi connectivity index (χ0v) is 9.37. The van der Waals surface area contributed by atoms with E-state index in [4.69, 9.17) is 0 Å². The molecule has 0 aliphatic rings. The number of hydrogen-bond acceptors (Lipinski definition) is 1. The zero-order chi connectivity index (χ0) is 10.2. The van der Waals surface area contributed by atoms with Gasteiger partial charge in [-0.25, -0.2) is 0 Å². The van der Waals surface area contributed by atoms with E-state index in [-0.39, 0.29) is 0 Å². The lowest BCUT2D eigenvalue weighted by atomic mass is 9.93. The molecule has 0 N–H and O–H groups in total. The van der Waals surface area contributed by atoms with Gasteiger partial charge in [0.05, 0.1) is 0 Å². The first-order valence-electron chi connectivity index (χ1n) is 5.75. The molecule has 1 heterocycles. The summed E-state index contributed by atoms with van der Waals surface area (Å²) in [5.74, 6) is 0.846. The Morgan fingerprint density at radius 3 is 2.79 bits per heavy atom. The summed E-state index contributed by atoms with van der Waals surface area (Å²) in [7, 11) is 0. The number of rotatable bonds is 6. The van der Waals surface area contributed by atoms with Crippen molar-refractivity contribution in [1.29, 1.82) is 0 Å². The van der Waals surface area contributed by atoms with Crippen LogP contribution in [0.4, 0.5) is 0 Å². The van der Waals surface area contributed by atoms with Gasteiger partial charge in [0.2, 0.25) is 0 Å². The van der Waals surface area contributed by atoms with Crippen molar-refractivity contribution in [3.63, 3.8) is 0 Å². The van der Waals surface area contributed by atoms with E-state index in [0.29, 0.717) is 0 Å². The van der Waals surface area contributed by atoms with E-state index >= 15 is 0 Å². The largest absolute Gasteiger partial charge is 0.264 e. The molecule has 0 saturated heterocycles. The number of aromatic nitrogens is 1. The van der Waals surface area contributed by atoms with E-state index in [0.717, 1.165) is 5.92 Å². The summed E-state index contributed by atoms with van der Waals surface area (Å²) in [4.78, 5) is 4.15. The minimum atomic E-state index is 0.846. The molecule has 0 fully saturated rings. The van der Waals surface area contributed by atoms with Crippen molar-refractivity contribution in [2.45, 2.75) is 46.0 Å². The predicted molar refractivity (Wildman–Crippen MR) is 61.2 cm³/mol. The van der Waals surface area contributed by atoms with Gasteiger partial charge >= 0.3 is 0 Å². The van der Waals surface area contributed by atoms with Crippen LogP contribution >= 0.6 is 0 Å². The van der Waals surface area contributed by atoms with Gasteiger partial charge in [0.1, 0.15) is 0 Å². The van der Waals surface area contributed by atoms with Crippen molar-refractivity contribution in [2.24, 2.45) is 5.92 Å². The molecule has 14 heavy (non-hydrogen) atoms. The van der Waals surface area contributed by atoms with Crippen LogP contribution in [-0.4, -0.2) is 4.98 Å². The quantitative estimate of drug-likeness (QED) is 0.665. The molecule has 0 aliphatic heterocycles. The highest BCUT2D eigenvalue weighted by Crippen LogP contribution is 2.17. The maximum atomic E-state index is 4.15. The van der Waals surface area contributed by atoms with E-state index < -0.39 is 0 Å². The van der Waals surface area contributed by atoms with Crippen molar-refractivity contribution in [1.82, 2.24) is 4.98 Å². The van der Waals surface area contributed by atoms with Crippen LogP contribution in [0.25, 0.3) is 0 Å². The standard InChI is InChI=1S/C13H21N/c1-3-5-7-12(4-2)10-13-8-6-9-14-11-13/h6,8-9,11-12H,3-5,7,10H2,1-2H3. The van der Waals surface area contributed by atoms with Crippen LogP contribution in [0.2, 0.25) is 0 Å². The van der Waals surface area contributed by atoms with Gasteiger partial charge in [-0.1, -0.05) is 45.6 Å². The molecular weight excluding hydrogens is 170 g/mol. The maximum Gasteiger partial charge on any atom is 0.0299 e. The summed E-state index contributed by atoms with van der Waals surface area (Å²) in [6.07, 6.45) is 10.4. The highest BCUT2D eigenvalue weighted by molar-refractivity contribution is 5.09. The van der Waals surface area contributed by atoms with Crippen LogP contribution in [0.5, 0.6) is 0 Å². The zero-order valence-electron chi connectivity index (χ0n) is 9.37. The van der Waals surface area contributed by atoms with Gasteiger partial charge in [0.25, 0.3) is 0 Å². The molecule has 0 bridgehead atoms. The van der Waals surface area contributed by atoms with E-state index in [1.807, 2.05) is 18.5 Å². The molecule has 1 aromatic rings. The van der Waals surface area contributed by atoms with Crippen molar-refractivity contribution in [2.75, 3.05) is 0 Å². The Balaban J connectivity index is 2.40. The Morgan fingerprint density at radius 1 is 1.36 bits per heavy atom. The maximum absolute atomic E-state index is 4.15. The van der Waals surface area contributed by atoms with Gasteiger partial charge in [-0.05, 0) is 24.0 Å². The molecule has 0 aliphatic carbocycles. The van der Waals surface area contributed by atoms with Gasteiger partial charge < -0.3 is 0 Å². The third-order valence-electron chi connectivity index (χ3n) is 2.79. The lowest BCUT2D eigenvalue weighted by Gasteiger charge is -2.13. The van der Waals surface area contributed by atoms with Crippen LogP contribution in [0.1, 0.15) is 45.1 Å². The van der Waals surface area contributed by atoms with E-state index in [9.17, 15) is 0 Å². The summed E-state index contributed by atoms with van der Waals surface area (Å²) in [5, 5.41) is 0. The SMILES string of the molecule is CCCCC(CC)Cc1cccnc1. The Kier molecular flexibility index (Phi) is 5.28. The molecule has 1 nitrogen and oxygen atoms in total. The summed E-state index contributed by atoms with van der Waals surface area (Å²) in [6, 6.07) is 4.21. The third kappa shape index (κ3) is 3.91. The smallest absolute Gasteiger partial charge is 0.0299 e. The van der Waals surface area contributed by atoms with Crippen molar-refractivity contribution in [3.8, 4) is 0 Å². The average Bonchev–Trinajstić information content (AvgIpc) is 2.25. The lowest BCUT2D eigenvalue weighted by Crippen LogP contribution is -2.03. The van der Waals surface area contributed by atoms with Crippen molar-refractivity contribution in [3.05, 3.63) is 30.1 Å². The summed E-state index contributed by atoms with van der Waals surface area (Å²) < 4.78 is 0. The number of pyridine rings is 1. The molecule has 1 atom stereocenters.